The molecule has 0 aliphatic heterocycles. The van der Waals surface area contributed by atoms with Crippen molar-refractivity contribution < 1.29 is 13.2 Å². The topological polar surface area (TPSA) is 37.8 Å². The average molecular weight is 288 g/mol. The van der Waals surface area contributed by atoms with E-state index >= 15 is 0 Å². The molecule has 2 aromatic rings. The third kappa shape index (κ3) is 3.57. The second kappa shape index (κ2) is 5.05. The van der Waals surface area contributed by atoms with Crippen LogP contribution in [0.1, 0.15) is 11.3 Å². The Hall–Kier alpha value is -1.82. The van der Waals surface area contributed by atoms with E-state index in [1.807, 2.05) is 0 Å². The number of benzene rings is 1. The zero-order valence-corrected chi connectivity index (χ0v) is 10.5. The van der Waals surface area contributed by atoms with Crippen LogP contribution in [0.2, 0.25) is 5.28 Å². The maximum Gasteiger partial charge on any atom is 0.416 e. The minimum atomic E-state index is -4.38. The predicted octanol–water partition coefficient (Wildman–Crippen LogP) is 4.20. The Morgan fingerprint density at radius 3 is 2.53 bits per heavy atom. The zero-order chi connectivity index (χ0) is 14.0. The van der Waals surface area contributed by atoms with Gasteiger partial charge in [-0.3, -0.25) is 0 Å². The molecule has 0 saturated carbocycles. The highest BCUT2D eigenvalue weighted by molar-refractivity contribution is 6.28. The van der Waals surface area contributed by atoms with Gasteiger partial charge in [-0.05, 0) is 36.7 Å². The summed E-state index contributed by atoms with van der Waals surface area (Å²) in [6, 6.07) is 6.43. The van der Waals surface area contributed by atoms with E-state index in [1.54, 1.807) is 13.0 Å². The summed E-state index contributed by atoms with van der Waals surface area (Å²) in [6.07, 6.45) is -4.38. The molecule has 1 N–H and O–H groups in total. The van der Waals surface area contributed by atoms with Crippen LogP contribution in [0.3, 0.4) is 0 Å². The molecule has 0 atom stereocenters. The Morgan fingerprint density at radius 1 is 1.16 bits per heavy atom. The van der Waals surface area contributed by atoms with E-state index in [2.05, 4.69) is 15.3 Å². The summed E-state index contributed by atoms with van der Waals surface area (Å²) >= 11 is 5.68. The van der Waals surface area contributed by atoms with Gasteiger partial charge in [0.15, 0.2) is 0 Å². The summed E-state index contributed by atoms with van der Waals surface area (Å²) in [6.45, 7) is 1.71. The van der Waals surface area contributed by atoms with Crippen LogP contribution in [-0.4, -0.2) is 9.97 Å². The molecule has 19 heavy (non-hydrogen) atoms. The van der Waals surface area contributed by atoms with Crippen molar-refractivity contribution in [2.45, 2.75) is 13.1 Å². The van der Waals surface area contributed by atoms with Gasteiger partial charge in [0.05, 0.1) is 5.56 Å². The van der Waals surface area contributed by atoms with Crippen LogP contribution < -0.4 is 5.32 Å². The number of hydrogen-bond donors (Lipinski definition) is 1. The maximum atomic E-state index is 12.6. The van der Waals surface area contributed by atoms with Gasteiger partial charge in [0.1, 0.15) is 5.82 Å². The van der Waals surface area contributed by atoms with Gasteiger partial charge in [-0.1, -0.05) is 6.07 Å². The molecule has 0 saturated heterocycles. The van der Waals surface area contributed by atoms with Crippen LogP contribution in [0.15, 0.2) is 30.3 Å². The largest absolute Gasteiger partial charge is 0.416 e. The molecular formula is C12H9ClF3N3. The highest BCUT2D eigenvalue weighted by Gasteiger charge is 2.30. The zero-order valence-electron chi connectivity index (χ0n) is 9.79. The van der Waals surface area contributed by atoms with Gasteiger partial charge in [0.2, 0.25) is 5.28 Å². The number of rotatable bonds is 2. The number of alkyl halides is 3. The lowest BCUT2D eigenvalue weighted by Crippen LogP contribution is -2.05. The fourth-order valence-electron chi connectivity index (χ4n) is 1.52. The molecule has 0 aliphatic rings. The van der Waals surface area contributed by atoms with E-state index in [0.29, 0.717) is 11.5 Å². The summed E-state index contributed by atoms with van der Waals surface area (Å²) in [5.41, 5.74) is 0.174. The molecule has 1 aromatic carbocycles. The number of nitrogens with zero attached hydrogens (tertiary/aromatic N) is 2. The van der Waals surface area contributed by atoms with Gasteiger partial charge in [0.25, 0.3) is 0 Å². The van der Waals surface area contributed by atoms with Crippen LogP contribution in [0.5, 0.6) is 0 Å². The first kappa shape index (κ1) is 13.6. The molecule has 2 rings (SSSR count). The van der Waals surface area contributed by atoms with Crippen LogP contribution in [-0.2, 0) is 6.18 Å². The van der Waals surface area contributed by atoms with Gasteiger partial charge in [-0.2, -0.15) is 13.2 Å². The molecule has 100 valence electrons. The van der Waals surface area contributed by atoms with Gasteiger partial charge in [-0.15, -0.1) is 0 Å². The molecule has 1 heterocycles. The number of nitrogens with one attached hydrogen (secondary N) is 1. The van der Waals surface area contributed by atoms with Gasteiger partial charge < -0.3 is 5.32 Å². The van der Waals surface area contributed by atoms with E-state index in [9.17, 15) is 13.2 Å². The third-order valence-electron chi connectivity index (χ3n) is 2.29. The Balaban J connectivity index is 2.28. The van der Waals surface area contributed by atoms with E-state index in [-0.39, 0.29) is 11.0 Å². The predicted molar refractivity (Wildman–Crippen MR) is 66.5 cm³/mol. The Kier molecular flexibility index (Phi) is 3.61. The average Bonchev–Trinajstić information content (AvgIpc) is 2.26. The number of aryl methyl sites for hydroxylation is 1. The number of hydrogen-bond acceptors (Lipinski definition) is 3. The molecule has 1 aromatic heterocycles. The van der Waals surface area contributed by atoms with E-state index < -0.39 is 11.7 Å². The Bertz CT molecular complexity index is 579. The number of halogens is 4. The van der Waals surface area contributed by atoms with Crippen molar-refractivity contribution in [1.29, 1.82) is 0 Å². The molecule has 3 nitrogen and oxygen atoms in total. The van der Waals surface area contributed by atoms with Crippen molar-refractivity contribution in [1.82, 2.24) is 9.97 Å². The quantitative estimate of drug-likeness (QED) is 0.841. The van der Waals surface area contributed by atoms with Crippen molar-refractivity contribution in [3.8, 4) is 0 Å². The summed E-state index contributed by atoms with van der Waals surface area (Å²) < 4.78 is 37.7. The Labute approximate surface area is 112 Å². The molecule has 0 bridgehead atoms. The van der Waals surface area contributed by atoms with Gasteiger partial charge in [0, 0.05) is 17.4 Å². The summed E-state index contributed by atoms with van der Waals surface area (Å²) in [5.74, 6) is 0.344. The van der Waals surface area contributed by atoms with Crippen molar-refractivity contribution in [2.24, 2.45) is 0 Å². The monoisotopic (exact) mass is 287 g/mol. The molecule has 0 spiro atoms. The molecule has 0 aliphatic carbocycles. The van der Waals surface area contributed by atoms with Crippen LogP contribution in [0, 0.1) is 6.92 Å². The lowest BCUT2D eigenvalue weighted by molar-refractivity contribution is -0.137. The first-order valence-electron chi connectivity index (χ1n) is 5.30. The van der Waals surface area contributed by atoms with Crippen molar-refractivity contribution in [3.05, 3.63) is 46.9 Å². The second-order valence-corrected chi connectivity index (χ2v) is 4.21. The maximum absolute atomic E-state index is 12.6. The standard InChI is InChI=1S/C12H9ClF3N3/c1-7-5-10(19-11(13)17-7)18-9-4-2-3-8(6-9)12(14,15)16/h2-6H,1H3,(H,17,18,19). The van der Waals surface area contributed by atoms with Crippen molar-refractivity contribution >= 4 is 23.1 Å². The molecule has 0 radical (unpaired) electrons. The molecule has 0 unspecified atom stereocenters. The normalized spacial score (nSPS) is 11.4. The summed E-state index contributed by atoms with van der Waals surface area (Å²) in [7, 11) is 0. The summed E-state index contributed by atoms with van der Waals surface area (Å²) in [4.78, 5) is 7.75. The van der Waals surface area contributed by atoms with Crippen LogP contribution in [0.4, 0.5) is 24.7 Å². The minimum Gasteiger partial charge on any atom is -0.340 e. The van der Waals surface area contributed by atoms with E-state index in [1.165, 1.54) is 12.1 Å². The first-order chi connectivity index (χ1) is 8.84. The molecule has 7 heteroatoms. The smallest absolute Gasteiger partial charge is 0.340 e. The Morgan fingerprint density at radius 2 is 1.89 bits per heavy atom. The van der Waals surface area contributed by atoms with Crippen LogP contribution in [0.25, 0.3) is 0 Å². The van der Waals surface area contributed by atoms with E-state index in [0.717, 1.165) is 12.1 Å². The number of anilines is 2. The second-order valence-electron chi connectivity index (χ2n) is 3.87. The summed E-state index contributed by atoms with van der Waals surface area (Å²) in [5, 5.41) is 2.80. The molecule has 0 fully saturated rings. The van der Waals surface area contributed by atoms with Gasteiger partial charge >= 0.3 is 6.18 Å². The molecular weight excluding hydrogens is 279 g/mol. The van der Waals surface area contributed by atoms with Crippen molar-refractivity contribution in [2.75, 3.05) is 5.32 Å². The first-order valence-corrected chi connectivity index (χ1v) is 5.68. The van der Waals surface area contributed by atoms with Crippen LogP contribution >= 0.6 is 11.6 Å². The minimum absolute atomic E-state index is 0.0366. The van der Waals surface area contributed by atoms with Crippen molar-refractivity contribution in [3.63, 3.8) is 0 Å². The SMILES string of the molecule is Cc1cc(Nc2cccc(C(F)(F)F)c2)nc(Cl)n1. The fraction of sp³-hybridized carbons (Fsp3) is 0.167. The lowest BCUT2D eigenvalue weighted by Gasteiger charge is -2.10. The van der Waals surface area contributed by atoms with Gasteiger partial charge in [-0.25, -0.2) is 9.97 Å². The third-order valence-corrected chi connectivity index (χ3v) is 2.46. The highest BCUT2D eigenvalue weighted by Crippen LogP contribution is 2.31. The fourth-order valence-corrected chi connectivity index (χ4v) is 1.74. The number of aromatic nitrogens is 2. The molecule has 0 amide bonds. The lowest BCUT2D eigenvalue weighted by atomic mass is 10.2. The highest BCUT2D eigenvalue weighted by atomic mass is 35.5. The van der Waals surface area contributed by atoms with E-state index in [4.69, 9.17) is 11.6 Å².